The molecule has 0 bridgehead atoms. The van der Waals surface area contributed by atoms with E-state index in [4.69, 9.17) is 26.1 Å². The number of likely N-dealkylation sites (N-methyl/N-ethyl adjacent to an activating group) is 1. The molecule has 66 heavy (non-hydrogen) atoms. The van der Waals surface area contributed by atoms with Crippen LogP contribution in [0.4, 0.5) is 27.5 Å². The number of nitrogens with one attached hydrogen (secondary N) is 3. The number of aromatic nitrogens is 3. The van der Waals surface area contributed by atoms with Gasteiger partial charge in [0.2, 0.25) is 17.8 Å². The number of hydrogen-bond donors (Lipinski definition) is 3. The molecule has 8 heterocycles. The number of pyridine rings is 1. The summed E-state index contributed by atoms with van der Waals surface area (Å²) in [4.78, 5) is 68.2. The maximum Gasteiger partial charge on any atom is 0.293 e. The molecule has 18 heteroatoms. The molecule has 5 saturated heterocycles. The van der Waals surface area contributed by atoms with Crippen LogP contribution in [0.5, 0.6) is 11.5 Å². The van der Waals surface area contributed by atoms with E-state index in [2.05, 4.69) is 40.5 Å². The van der Waals surface area contributed by atoms with Gasteiger partial charge in [0.15, 0.2) is 18.2 Å². The average molecular weight is 926 g/mol. The zero-order valence-electron chi connectivity index (χ0n) is 37.5. The lowest BCUT2D eigenvalue weighted by Gasteiger charge is -2.38. The van der Waals surface area contributed by atoms with E-state index >= 15 is 4.39 Å². The molecule has 3 amide bonds. The highest BCUT2D eigenvalue weighted by Gasteiger charge is 2.44. The lowest BCUT2D eigenvalue weighted by atomic mass is 9.86. The monoisotopic (exact) mass is 924 g/mol. The molecular weight excluding hydrogens is 867 g/mol. The topological polar surface area (TPSA) is 166 Å². The number of amides is 3. The summed E-state index contributed by atoms with van der Waals surface area (Å²) in [6.07, 6.45) is 9.08. The molecular formula is C48H58ClFN10O6. The van der Waals surface area contributed by atoms with Gasteiger partial charge < -0.3 is 39.7 Å². The van der Waals surface area contributed by atoms with Crippen LogP contribution in [0.25, 0.3) is 10.9 Å². The molecule has 350 valence electrons. The molecule has 0 saturated carbocycles. The summed E-state index contributed by atoms with van der Waals surface area (Å²) in [7, 11) is 1.52. The van der Waals surface area contributed by atoms with Gasteiger partial charge in [-0.3, -0.25) is 29.1 Å². The van der Waals surface area contributed by atoms with E-state index in [1.807, 2.05) is 24.3 Å². The highest BCUT2D eigenvalue weighted by atomic mass is 35.5. The second-order valence-electron chi connectivity index (χ2n) is 19.2. The summed E-state index contributed by atoms with van der Waals surface area (Å²) in [5, 5.41) is 9.34. The van der Waals surface area contributed by atoms with Gasteiger partial charge in [0.05, 0.1) is 29.9 Å². The summed E-state index contributed by atoms with van der Waals surface area (Å²) >= 11 is 6.64. The van der Waals surface area contributed by atoms with E-state index in [1.54, 1.807) is 16.8 Å². The Balaban J connectivity index is 0.682. The highest BCUT2D eigenvalue weighted by Crippen LogP contribution is 2.43. The summed E-state index contributed by atoms with van der Waals surface area (Å²) < 4.78 is 28.7. The van der Waals surface area contributed by atoms with Crippen molar-refractivity contribution < 1.29 is 28.2 Å². The molecule has 2 aromatic heterocycles. The van der Waals surface area contributed by atoms with E-state index < -0.39 is 5.92 Å². The van der Waals surface area contributed by atoms with E-state index in [0.29, 0.717) is 81.8 Å². The molecule has 3 N–H and O–H groups in total. The first kappa shape index (κ1) is 44.3. The van der Waals surface area contributed by atoms with Crippen molar-refractivity contribution in [3.63, 3.8) is 0 Å². The van der Waals surface area contributed by atoms with Gasteiger partial charge in [0.25, 0.3) is 11.5 Å². The Labute approximate surface area is 388 Å². The van der Waals surface area contributed by atoms with Crippen LogP contribution in [-0.4, -0.2) is 128 Å². The Morgan fingerprint density at radius 3 is 2.47 bits per heavy atom. The quantitative estimate of drug-likeness (QED) is 0.165. The van der Waals surface area contributed by atoms with Crippen molar-refractivity contribution in [3.8, 4) is 11.5 Å². The Kier molecular flexibility index (Phi) is 12.5. The van der Waals surface area contributed by atoms with Crippen LogP contribution in [0, 0.1) is 23.1 Å². The van der Waals surface area contributed by atoms with Gasteiger partial charge in [-0.2, -0.15) is 4.98 Å². The number of likely N-dealkylation sites (tertiary alicyclic amines) is 2. The Bertz CT molecular complexity index is 2580. The SMILES string of the molecule is CNC(=O)COc1cc2cc(Nc3nc(N4CCC(CN5CCC(CN6CCC7(CCN(c8ccc(C9CCC(=O)NC9=O)cc8F)C7)C6)CC5)CC4)ncc3Cl)cc3c2n(c1=O)CCO3. The number of hydrogen-bond acceptors (Lipinski definition) is 13. The van der Waals surface area contributed by atoms with Gasteiger partial charge in [-0.15, -0.1) is 0 Å². The number of carbonyl (C=O) groups excluding carboxylic acids is 3. The van der Waals surface area contributed by atoms with Crippen LogP contribution in [0.2, 0.25) is 5.02 Å². The minimum Gasteiger partial charge on any atom is -0.489 e. The van der Waals surface area contributed by atoms with Crippen LogP contribution in [0.3, 0.4) is 0 Å². The van der Waals surface area contributed by atoms with Crippen molar-refractivity contribution in [2.24, 2.45) is 17.3 Å². The van der Waals surface area contributed by atoms with Crippen molar-refractivity contribution in [1.82, 2.24) is 35.0 Å². The first-order valence-corrected chi connectivity index (χ1v) is 23.9. The van der Waals surface area contributed by atoms with E-state index in [1.165, 1.54) is 26.0 Å². The number of ether oxygens (including phenoxy) is 2. The van der Waals surface area contributed by atoms with Crippen LogP contribution >= 0.6 is 11.6 Å². The number of halogens is 2. The van der Waals surface area contributed by atoms with Crippen molar-refractivity contribution in [3.05, 3.63) is 69.4 Å². The van der Waals surface area contributed by atoms with Gasteiger partial charge in [-0.1, -0.05) is 17.7 Å². The summed E-state index contributed by atoms with van der Waals surface area (Å²) in [6, 6.07) is 10.5. The van der Waals surface area contributed by atoms with Gasteiger partial charge in [0.1, 0.15) is 23.2 Å². The third kappa shape index (κ3) is 9.26. The third-order valence-corrected chi connectivity index (χ3v) is 15.1. The molecule has 4 aromatic rings. The van der Waals surface area contributed by atoms with Gasteiger partial charge in [0, 0.05) is 81.8 Å². The Hall–Kier alpha value is -5.52. The standard InChI is InChI=1S/C48H58ClFN10O6/c1-51-42(62)27-66-40-22-33-20-34(23-39-43(33)60(46(40)64)18-19-65-39)53-44-36(49)24-52-47(55-44)58-14-8-31(9-15-58)25-56-12-6-30(7-13-56)26-57-16-10-48(28-57)11-17-59(29-48)38-4-2-32(21-37(38)50)35-3-5-41(61)54-45(35)63/h2,4,20-24,30-31,35H,3,5-19,25-29H2,1H3,(H,51,62)(H,52,53,55)(H,54,61,63). The van der Waals surface area contributed by atoms with Gasteiger partial charge >= 0.3 is 0 Å². The number of carbonyl (C=O) groups is 3. The molecule has 2 atom stereocenters. The molecule has 2 unspecified atom stereocenters. The van der Waals surface area contributed by atoms with E-state index in [0.717, 1.165) is 91.1 Å². The zero-order chi connectivity index (χ0) is 45.5. The zero-order valence-corrected chi connectivity index (χ0v) is 38.2. The molecule has 0 radical (unpaired) electrons. The van der Waals surface area contributed by atoms with Crippen LogP contribution in [-0.2, 0) is 20.9 Å². The maximum absolute atomic E-state index is 15.5. The second kappa shape index (κ2) is 18.6. The van der Waals surface area contributed by atoms with Gasteiger partial charge in [-0.05, 0) is 106 Å². The second-order valence-corrected chi connectivity index (χ2v) is 19.6. The molecule has 0 aliphatic carbocycles. The van der Waals surface area contributed by atoms with E-state index in [-0.39, 0.29) is 53.3 Å². The summed E-state index contributed by atoms with van der Waals surface area (Å²) in [6.45, 7) is 10.5. The first-order valence-electron chi connectivity index (χ1n) is 23.5. The maximum atomic E-state index is 15.5. The van der Waals surface area contributed by atoms with Gasteiger partial charge in [-0.25, -0.2) is 9.37 Å². The van der Waals surface area contributed by atoms with Crippen molar-refractivity contribution in [2.75, 3.05) is 101 Å². The van der Waals surface area contributed by atoms with Crippen molar-refractivity contribution >= 4 is 63.4 Å². The van der Waals surface area contributed by atoms with Crippen LogP contribution in [0.1, 0.15) is 62.8 Å². The fourth-order valence-corrected chi connectivity index (χ4v) is 11.4. The molecule has 1 spiro atoms. The number of nitrogens with zero attached hydrogens (tertiary/aromatic N) is 7. The number of piperidine rings is 3. The summed E-state index contributed by atoms with van der Waals surface area (Å²) in [5.74, 6) is 1.34. The van der Waals surface area contributed by atoms with Crippen molar-refractivity contribution in [1.29, 1.82) is 0 Å². The molecule has 2 aromatic carbocycles. The largest absolute Gasteiger partial charge is 0.489 e. The molecule has 6 aliphatic heterocycles. The number of anilines is 4. The predicted molar refractivity (Wildman–Crippen MR) is 250 cm³/mol. The number of rotatable bonds is 12. The van der Waals surface area contributed by atoms with Crippen LogP contribution < -0.4 is 40.8 Å². The average Bonchev–Trinajstić information content (AvgIpc) is 3.92. The number of imide groups is 1. The highest BCUT2D eigenvalue weighted by molar-refractivity contribution is 6.33. The first-order chi connectivity index (χ1) is 32.0. The normalized spacial score (nSPS) is 23.1. The van der Waals surface area contributed by atoms with Crippen LogP contribution in [0.15, 0.2) is 47.4 Å². The minimum atomic E-state index is -0.484. The minimum absolute atomic E-state index is 0.0903. The lowest BCUT2D eigenvalue weighted by Crippen LogP contribution is -2.43. The van der Waals surface area contributed by atoms with E-state index in [9.17, 15) is 19.2 Å². The molecule has 6 aliphatic rings. The predicted octanol–water partition coefficient (Wildman–Crippen LogP) is 4.90. The lowest BCUT2D eigenvalue weighted by molar-refractivity contribution is -0.134. The molecule has 10 rings (SSSR count). The molecule has 5 fully saturated rings. The smallest absolute Gasteiger partial charge is 0.293 e. The summed E-state index contributed by atoms with van der Waals surface area (Å²) in [5.41, 5.74) is 2.46. The molecule has 16 nitrogen and oxygen atoms in total. The third-order valence-electron chi connectivity index (χ3n) is 14.9. The number of benzene rings is 2. The fraction of sp³-hybridized carbons (Fsp3) is 0.542. The Morgan fingerprint density at radius 2 is 1.70 bits per heavy atom. The fourth-order valence-electron chi connectivity index (χ4n) is 11.2. The Morgan fingerprint density at radius 1 is 0.924 bits per heavy atom. The van der Waals surface area contributed by atoms with Crippen molar-refractivity contribution in [2.45, 2.75) is 63.8 Å².